The number of methoxy groups -OCH3 is 1. The predicted molar refractivity (Wildman–Crippen MR) is 133 cm³/mol. The molecule has 0 saturated carbocycles. The smallest absolute Gasteiger partial charge is 0.339 e. The van der Waals surface area contributed by atoms with Crippen LogP contribution in [-0.2, 0) is 19.7 Å². The van der Waals surface area contributed by atoms with Gasteiger partial charge in [-0.05, 0) is 60.2 Å². The van der Waals surface area contributed by atoms with E-state index in [1.165, 1.54) is 73.8 Å². The molecule has 184 valence electrons. The molecule has 12 heteroatoms. The number of rotatable bonds is 6. The number of hydrogen-bond donors (Lipinski definition) is 1. The van der Waals surface area contributed by atoms with Gasteiger partial charge in [0, 0.05) is 5.02 Å². The number of anilines is 1. The molecule has 1 fully saturated rings. The van der Waals surface area contributed by atoms with Gasteiger partial charge >= 0.3 is 16.1 Å². The zero-order valence-corrected chi connectivity index (χ0v) is 20.7. The minimum Gasteiger partial charge on any atom is -0.493 e. The third-order valence-electron chi connectivity index (χ3n) is 4.97. The van der Waals surface area contributed by atoms with Crippen LogP contribution in [0.2, 0.25) is 10.0 Å². The highest BCUT2D eigenvalue weighted by atomic mass is 35.5. The van der Waals surface area contributed by atoms with Gasteiger partial charge in [-0.3, -0.25) is 14.9 Å². The minimum atomic E-state index is -4.22. The summed E-state index contributed by atoms with van der Waals surface area (Å²) >= 11 is 12.2. The molecule has 4 rings (SSSR count). The number of nitrogens with one attached hydrogen (secondary N) is 1. The van der Waals surface area contributed by atoms with Gasteiger partial charge < -0.3 is 8.92 Å². The zero-order valence-electron chi connectivity index (χ0n) is 18.4. The summed E-state index contributed by atoms with van der Waals surface area (Å²) in [6.45, 7) is 0. The van der Waals surface area contributed by atoms with Crippen LogP contribution in [0.5, 0.6) is 11.5 Å². The first-order chi connectivity index (χ1) is 17.1. The van der Waals surface area contributed by atoms with Crippen LogP contribution in [0, 0.1) is 0 Å². The van der Waals surface area contributed by atoms with Gasteiger partial charge in [-0.1, -0.05) is 41.4 Å². The lowest BCUT2D eigenvalue weighted by Gasteiger charge is -2.26. The molecule has 3 aromatic carbocycles. The summed E-state index contributed by atoms with van der Waals surface area (Å²) < 4.78 is 35.7. The second-order valence-electron chi connectivity index (χ2n) is 7.32. The molecule has 0 radical (unpaired) electrons. The topological polar surface area (TPSA) is 119 Å². The zero-order chi connectivity index (χ0) is 26.0. The second-order valence-corrected chi connectivity index (χ2v) is 9.71. The molecule has 1 aliphatic rings. The van der Waals surface area contributed by atoms with E-state index in [4.69, 9.17) is 32.1 Å². The maximum absolute atomic E-state index is 13.1. The van der Waals surface area contributed by atoms with E-state index in [1.54, 1.807) is 6.07 Å². The van der Waals surface area contributed by atoms with Crippen molar-refractivity contribution in [3.05, 3.63) is 87.9 Å². The first-order valence-electron chi connectivity index (χ1n) is 10.1. The molecule has 1 N–H and O–H groups in total. The van der Waals surface area contributed by atoms with Gasteiger partial charge in [0.2, 0.25) is 5.75 Å². The first-order valence-corrected chi connectivity index (χ1v) is 12.3. The van der Waals surface area contributed by atoms with Crippen LogP contribution < -0.4 is 19.1 Å². The van der Waals surface area contributed by atoms with Crippen LogP contribution >= 0.6 is 23.2 Å². The third-order valence-corrected chi connectivity index (χ3v) is 6.74. The van der Waals surface area contributed by atoms with Crippen LogP contribution in [0.1, 0.15) is 5.56 Å². The van der Waals surface area contributed by atoms with E-state index >= 15 is 0 Å². The van der Waals surface area contributed by atoms with Gasteiger partial charge in [-0.2, -0.15) is 8.42 Å². The Kier molecular flexibility index (Phi) is 7.02. The van der Waals surface area contributed by atoms with Crippen molar-refractivity contribution in [2.24, 2.45) is 0 Å². The Hall–Kier alpha value is -3.86. The van der Waals surface area contributed by atoms with E-state index in [1.807, 2.05) is 0 Å². The Balaban J connectivity index is 1.70. The summed E-state index contributed by atoms with van der Waals surface area (Å²) in [6.07, 6.45) is 1.19. The van der Waals surface area contributed by atoms with Crippen LogP contribution in [0.25, 0.3) is 6.08 Å². The molecular weight excluding hydrogens is 531 g/mol. The van der Waals surface area contributed by atoms with E-state index in [9.17, 15) is 22.8 Å². The van der Waals surface area contributed by atoms with Crippen molar-refractivity contribution in [2.75, 3.05) is 12.0 Å². The lowest BCUT2D eigenvalue weighted by molar-refractivity contribution is -0.122. The van der Waals surface area contributed by atoms with E-state index in [0.29, 0.717) is 5.02 Å². The fraction of sp³-hybridized carbons (Fsp3) is 0.0417. The number of ether oxygens (including phenoxy) is 1. The maximum atomic E-state index is 13.1. The van der Waals surface area contributed by atoms with E-state index in [2.05, 4.69) is 5.32 Å². The molecule has 0 unspecified atom stereocenters. The van der Waals surface area contributed by atoms with Gasteiger partial charge in [0.15, 0.2) is 5.75 Å². The summed E-state index contributed by atoms with van der Waals surface area (Å²) in [6, 6.07) is 15.0. The lowest BCUT2D eigenvalue weighted by Crippen LogP contribution is -2.54. The average Bonchev–Trinajstić information content (AvgIpc) is 2.84. The van der Waals surface area contributed by atoms with Crippen molar-refractivity contribution >= 4 is 62.9 Å². The van der Waals surface area contributed by atoms with Crippen LogP contribution in [0.3, 0.4) is 0 Å². The van der Waals surface area contributed by atoms with Crippen molar-refractivity contribution < 1.29 is 31.7 Å². The van der Waals surface area contributed by atoms with Crippen molar-refractivity contribution in [1.82, 2.24) is 5.32 Å². The molecule has 0 bridgehead atoms. The number of barbiturate groups is 1. The number of urea groups is 1. The van der Waals surface area contributed by atoms with E-state index in [0.717, 1.165) is 4.90 Å². The van der Waals surface area contributed by atoms with Crippen LogP contribution in [-0.4, -0.2) is 33.4 Å². The van der Waals surface area contributed by atoms with Gasteiger partial charge in [-0.25, -0.2) is 9.69 Å². The number of nitrogens with zero attached hydrogens (tertiary/aromatic N) is 1. The highest BCUT2D eigenvalue weighted by Gasteiger charge is 2.37. The monoisotopic (exact) mass is 546 g/mol. The number of benzene rings is 3. The predicted octanol–water partition coefficient (Wildman–Crippen LogP) is 4.44. The molecule has 9 nitrogen and oxygen atoms in total. The summed E-state index contributed by atoms with van der Waals surface area (Å²) in [4.78, 5) is 38.6. The van der Waals surface area contributed by atoms with Gasteiger partial charge in [-0.15, -0.1) is 0 Å². The molecule has 1 aliphatic heterocycles. The Morgan fingerprint density at radius 3 is 2.25 bits per heavy atom. The van der Waals surface area contributed by atoms with Crippen LogP contribution in [0.15, 0.2) is 77.2 Å². The molecule has 1 heterocycles. The van der Waals surface area contributed by atoms with Crippen molar-refractivity contribution in [2.45, 2.75) is 4.90 Å². The van der Waals surface area contributed by atoms with Crippen molar-refractivity contribution in [3.63, 3.8) is 0 Å². The highest BCUT2D eigenvalue weighted by Crippen LogP contribution is 2.39. The van der Waals surface area contributed by atoms with Gasteiger partial charge in [0.1, 0.15) is 10.5 Å². The standard InChI is InChI=1S/C24H16Cl2N2O7S/c1-34-20-13-14(12-19(26)21(20)35-36(32,33)17-5-3-2-4-6-17)11-18-22(29)27-24(31)28(23(18)30)16-9-7-15(25)8-10-16/h2-13H,1H3,(H,27,29,31)/b18-11+. The molecule has 3 aromatic rings. The van der Waals surface area contributed by atoms with Crippen LogP contribution in [0.4, 0.5) is 10.5 Å². The first kappa shape index (κ1) is 25.2. The van der Waals surface area contributed by atoms with E-state index in [-0.39, 0.29) is 38.2 Å². The normalized spacial score (nSPS) is 15.1. The Morgan fingerprint density at radius 1 is 0.944 bits per heavy atom. The third kappa shape index (κ3) is 5.06. The van der Waals surface area contributed by atoms with Crippen molar-refractivity contribution in [3.8, 4) is 11.5 Å². The summed E-state index contributed by atoms with van der Waals surface area (Å²) in [7, 11) is -2.96. The number of carbonyl (C=O) groups excluding carboxylic acids is 3. The molecule has 0 aliphatic carbocycles. The molecule has 36 heavy (non-hydrogen) atoms. The highest BCUT2D eigenvalue weighted by molar-refractivity contribution is 7.87. The van der Waals surface area contributed by atoms with Crippen molar-refractivity contribution in [1.29, 1.82) is 0 Å². The maximum Gasteiger partial charge on any atom is 0.339 e. The van der Waals surface area contributed by atoms with Gasteiger partial charge in [0.25, 0.3) is 11.8 Å². The average molecular weight is 547 g/mol. The number of halogens is 2. The molecule has 0 spiro atoms. The Labute approximate surface area is 216 Å². The quantitative estimate of drug-likeness (QED) is 0.275. The van der Waals surface area contributed by atoms with Gasteiger partial charge in [0.05, 0.1) is 17.8 Å². The minimum absolute atomic E-state index is 0.0665. The fourth-order valence-corrected chi connectivity index (χ4v) is 4.71. The Bertz CT molecular complexity index is 1510. The number of amides is 4. The summed E-state index contributed by atoms with van der Waals surface area (Å²) in [5, 5.41) is 2.34. The summed E-state index contributed by atoms with van der Waals surface area (Å²) in [5.41, 5.74) is 0.0456. The molecular formula is C24H16Cl2N2O7S. The number of carbonyl (C=O) groups is 3. The molecule has 1 saturated heterocycles. The molecule has 0 atom stereocenters. The molecule has 4 amide bonds. The van der Waals surface area contributed by atoms with E-state index < -0.39 is 28.0 Å². The summed E-state index contributed by atoms with van der Waals surface area (Å²) in [5.74, 6) is -2.14. The Morgan fingerprint density at radius 2 is 1.61 bits per heavy atom. The lowest BCUT2D eigenvalue weighted by atomic mass is 10.1. The number of hydrogen-bond acceptors (Lipinski definition) is 7. The SMILES string of the molecule is COc1cc(/C=C2\C(=O)NC(=O)N(c3ccc(Cl)cc3)C2=O)cc(Cl)c1OS(=O)(=O)c1ccccc1. The number of imide groups is 2. The fourth-order valence-electron chi connectivity index (χ4n) is 3.30. The second kappa shape index (κ2) is 10.0. The largest absolute Gasteiger partial charge is 0.493 e. The molecule has 0 aromatic heterocycles.